The van der Waals surface area contributed by atoms with E-state index >= 15 is 0 Å². The first-order valence-electron chi connectivity index (χ1n) is 21.8. The summed E-state index contributed by atoms with van der Waals surface area (Å²) in [5.74, 6) is -1.15. The number of benzene rings is 2. The number of aliphatic hydroxyl groups excluding tert-OH is 2. The molecular formula is C51H51Br2N7O10. The Bertz CT molecular complexity index is 2810. The van der Waals surface area contributed by atoms with E-state index in [0.29, 0.717) is 49.6 Å². The van der Waals surface area contributed by atoms with Gasteiger partial charge in [-0.25, -0.2) is 0 Å². The highest BCUT2D eigenvalue weighted by Crippen LogP contribution is 2.35. The minimum absolute atomic E-state index is 0.0104. The van der Waals surface area contributed by atoms with Crippen LogP contribution in [-0.4, -0.2) is 78.9 Å². The van der Waals surface area contributed by atoms with Crippen molar-refractivity contribution in [1.29, 1.82) is 10.5 Å². The minimum Gasteiger partial charge on any atom is -0.481 e. The lowest BCUT2D eigenvalue weighted by atomic mass is 9.92. The Hall–Kier alpha value is -7.00. The van der Waals surface area contributed by atoms with Crippen molar-refractivity contribution in [2.24, 2.45) is 4.99 Å². The van der Waals surface area contributed by atoms with Gasteiger partial charge in [0.2, 0.25) is 23.5 Å². The molecule has 2 aromatic carbocycles. The highest BCUT2D eigenvalue weighted by Gasteiger charge is 2.19. The average Bonchev–Trinajstić information content (AvgIpc) is 3.32. The van der Waals surface area contributed by atoms with Crippen molar-refractivity contribution in [3.63, 3.8) is 0 Å². The van der Waals surface area contributed by atoms with Gasteiger partial charge in [-0.15, -0.1) is 0 Å². The molecule has 364 valence electrons. The number of carbonyl (C=O) groups is 2. The summed E-state index contributed by atoms with van der Waals surface area (Å²) in [5, 5.41) is 59.4. The lowest BCUT2D eigenvalue weighted by Gasteiger charge is -2.18. The number of rotatable bonds is 27. The molecule has 19 heteroatoms. The third-order valence-electron chi connectivity index (χ3n) is 10.6. The van der Waals surface area contributed by atoms with Crippen LogP contribution in [0.3, 0.4) is 0 Å². The Morgan fingerprint density at radius 1 is 0.800 bits per heavy atom. The van der Waals surface area contributed by atoms with Gasteiger partial charge < -0.3 is 44.7 Å². The van der Waals surface area contributed by atoms with E-state index in [1.807, 2.05) is 62.4 Å². The molecule has 0 radical (unpaired) electrons. The van der Waals surface area contributed by atoms with Gasteiger partial charge in [-0.1, -0.05) is 43.0 Å². The summed E-state index contributed by atoms with van der Waals surface area (Å²) in [6.07, 6.45) is 5.41. The molecule has 0 fully saturated rings. The number of aryl methyl sites for hydroxylation is 1. The second-order valence-electron chi connectivity index (χ2n) is 15.9. The second-order valence-corrected chi connectivity index (χ2v) is 17.6. The number of aliphatic hydroxyl groups is 2. The third kappa shape index (κ3) is 16.6. The van der Waals surface area contributed by atoms with E-state index in [0.717, 1.165) is 33.4 Å². The van der Waals surface area contributed by atoms with Crippen LogP contribution in [0, 0.1) is 36.5 Å². The first kappa shape index (κ1) is 53.9. The summed E-state index contributed by atoms with van der Waals surface area (Å²) >= 11 is 7.19. The molecule has 0 saturated carbocycles. The number of pyridine rings is 3. The molecule has 70 heavy (non-hydrogen) atoms. The Morgan fingerprint density at radius 2 is 1.39 bits per heavy atom. The van der Waals surface area contributed by atoms with Gasteiger partial charge in [0.15, 0.2) is 0 Å². The summed E-state index contributed by atoms with van der Waals surface area (Å²) in [4.78, 5) is 39.6. The average molecular weight is 1080 g/mol. The Labute approximate surface area is 422 Å². The molecule has 0 unspecified atom stereocenters. The number of nitrogens with one attached hydrogen (secondary N) is 1. The van der Waals surface area contributed by atoms with Gasteiger partial charge in [0.25, 0.3) is 0 Å². The maximum atomic E-state index is 11.1. The number of carboxylic acid groups (broad SMARTS) is 2. The van der Waals surface area contributed by atoms with Crippen LogP contribution in [0.25, 0.3) is 11.1 Å². The van der Waals surface area contributed by atoms with Crippen LogP contribution in [0.15, 0.2) is 105 Å². The normalized spacial score (nSPS) is 12.0. The number of hydrogen-bond acceptors (Lipinski definition) is 15. The van der Waals surface area contributed by atoms with E-state index < -0.39 is 30.6 Å². The van der Waals surface area contributed by atoms with Gasteiger partial charge in [-0.3, -0.25) is 19.6 Å². The molecule has 5 aromatic rings. The third-order valence-corrected chi connectivity index (χ3v) is 11.7. The molecule has 17 nitrogen and oxygen atoms in total. The smallest absolute Gasteiger partial charge is 0.306 e. The standard InChI is InChI=1S/C51H51Br2N7O10/c1-31(22-56-15-7-14-54)27-67-49-39(25-58-26-41(62)20-47(65)66)18-45(53)51(60-49)70-30-38-10-6-13-43(33(38)3)42-12-5-9-37(32(42)2)29-69-50-44(52)17-36(8-4-11-40(61)19-46(63)64)48(59-50)68-28-35-16-34(21-55)23-57-24-35/h5-7,9-10,12-13,15-18,22-24,40-41,58,61-62H,1,4,8,11,19-20,25-30H2,2-3H3,(H,63,64)(H,65,66)/b15-7+,56-22?/t40-,41+/m1/s1. The first-order chi connectivity index (χ1) is 33.6. The second kappa shape index (κ2) is 27.3. The Balaban J connectivity index is 1.33. The Kier molecular flexibility index (Phi) is 21.0. The summed E-state index contributed by atoms with van der Waals surface area (Å²) < 4.78 is 26.0. The van der Waals surface area contributed by atoms with E-state index in [9.17, 15) is 25.1 Å². The maximum Gasteiger partial charge on any atom is 0.306 e. The van der Waals surface area contributed by atoms with Gasteiger partial charge in [-0.2, -0.15) is 20.5 Å². The summed E-state index contributed by atoms with van der Waals surface area (Å²) in [6.45, 7) is 8.59. The van der Waals surface area contributed by atoms with Crippen LogP contribution >= 0.6 is 31.9 Å². The van der Waals surface area contributed by atoms with Crippen molar-refractivity contribution in [2.75, 3.05) is 13.2 Å². The van der Waals surface area contributed by atoms with Crippen LogP contribution in [0.4, 0.5) is 0 Å². The molecule has 0 aliphatic heterocycles. The fourth-order valence-electron chi connectivity index (χ4n) is 6.98. The summed E-state index contributed by atoms with van der Waals surface area (Å²) in [7, 11) is 0. The first-order valence-corrected chi connectivity index (χ1v) is 23.4. The van der Waals surface area contributed by atoms with Crippen molar-refractivity contribution in [2.45, 2.75) is 84.5 Å². The molecule has 0 spiro atoms. The highest BCUT2D eigenvalue weighted by atomic mass is 79.9. The number of ether oxygens (including phenoxy) is 4. The molecule has 0 aliphatic rings. The van der Waals surface area contributed by atoms with Crippen LogP contribution < -0.4 is 24.3 Å². The van der Waals surface area contributed by atoms with Crippen molar-refractivity contribution in [3.05, 3.63) is 145 Å². The quantitative estimate of drug-likeness (QED) is 0.0244. The van der Waals surface area contributed by atoms with Gasteiger partial charge in [0, 0.05) is 66.2 Å². The molecule has 0 bridgehead atoms. The zero-order valence-electron chi connectivity index (χ0n) is 38.4. The van der Waals surface area contributed by atoms with Crippen LogP contribution in [-0.2, 0) is 42.4 Å². The van der Waals surface area contributed by atoms with Crippen molar-refractivity contribution in [3.8, 4) is 46.8 Å². The van der Waals surface area contributed by atoms with Crippen molar-refractivity contribution < 1.29 is 49.0 Å². The number of nitrogens with zero attached hydrogens (tertiary/aromatic N) is 6. The fourth-order valence-corrected chi connectivity index (χ4v) is 7.94. The number of allylic oxidation sites excluding steroid dienone is 1. The number of carboxylic acids is 2. The molecule has 0 aliphatic carbocycles. The Morgan fingerprint density at radius 3 is 1.99 bits per heavy atom. The summed E-state index contributed by atoms with van der Waals surface area (Å²) in [5.41, 5.74) is 8.60. The maximum absolute atomic E-state index is 11.1. The zero-order chi connectivity index (χ0) is 50.6. The number of aromatic nitrogens is 3. The lowest BCUT2D eigenvalue weighted by molar-refractivity contribution is -0.140. The number of hydrogen-bond donors (Lipinski definition) is 5. The molecular weight excluding hydrogens is 1030 g/mol. The largest absolute Gasteiger partial charge is 0.481 e. The number of halogens is 2. The zero-order valence-corrected chi connectivity index (χ0v) is 41.6. The van der Waals surface area contributed by atoms with Crippen molar-refractivity contribution in [1.82, 2.24) is 20.3 Å². The van der Waals surface area contributed by atoms with E-state index in [1.54, 1.807) is 18.3 Å². The van der Waals surface area contributed by atoms with Gasteiger partial charge in [-0.05, 0) is 117 Å². The number of aliphatic carboxylic acids is 2. The van der Waals surface area contributed by atoms with Crippen LogP contribution in [0.1, 0.15) is 70.2 Å². The van der Waals surface area contributed by atoms with E-state index in [1.165, 1.54) is 24.7 Å². The van der Waals surface area contributed by atoms with E-state index in [2.05, 4.69) is 64.8 Å². The summed E-state index contributed by atoms with van der Waals surface area (Å²) in [6, 6.07) is 21.2. The molecule has 0 saturated heterocycles. The fraction of sp³-hybridized carbons (Fsp3) is 0.294. The molecule has 0 amide bonds. The minimum atomic E-state index is -1.11. The van der Waals surface area contributed by atoms with Crippen LogP contribution in [0.2, 0.25) is 0 Å². The predicted molar refractivity (Wildman–Crippen MR) is 266 cm³/mol. The SMILES string of the molecule is C=C(C=N/C=C/C#N)COc1nc(OCc2cccc(-c3cccc(COc4nc(OCc5cncc(C#N)c5)c(CCC[C@@H](O)CC(=O)O)cc4Br)c3C)c2C)c(Br)cc1CNC[C@@H](O)CC(=O)O. The van der Waals surface area contributed by atoms with E-state index in [4.69, 9.17) is 39.4 Å². The van der Waals surface area contributed by atoms with Gasteiger partial charge >= 0.3 is 11.9 Å². The lowest BCUT2D eigenvalue weighted by Crippen LogP contribution is -2.28. The monoisotopic (exact) mass is 1080 g/mol. The molecule has 2 atom stereocenters. The topological polar surface area (TPSA) is 263 Å². The molecule has 3 heterocycles. The molecule has 5 N–H and O–H groups in total. The number of aliphatic imine (C=N–C) groups is 1. The van der Waals surface area contributed by atoms with Gasteiger partial charge in [0.1, 0.15) is 32.5 Å². The number of nitriles is 2. The highest BCUT2D eigenvalue weighted by molar-refractivity contribution is 9.10. The predicted octanol–water partition coefficient (Wildman–Crippen LogP) is 8.42. The van der Waals surface area contributed by atoms with E-state index in [-0.39, 0.29) is 75.9 Å². The molecule has 5 rings (SSSR count). The van der Waals surface area contributed by atoms with Crippen molar-refractivity contribution >= 4 is 50.0 Å². The molecule has 3 aromatic heterocycles. The van der Waals surface area contributed by atoms with Gasteiger partial charge in [0.05, 0.1) is 45.6 Å². The van der Waals surface area contributed by atoms with Crippen LogP contribution in [0.5, 0.6) is 23.5 Å².